The zero-order chi connectivity index (χ0) is 17.2. The molecular weight excluding hydrogens is 334 g/mol. The van der Waals surface area contributed by atoms with E-state index in [-0.39, 0.29) is 18.6 Å². The molecule has 0 bridgehead atoms. The molecule has 0 aliphatic rings. The molecule has 0 fully saturated rings. The number of ether oxygens (including phenoxy) is 1. The van der Waals surface area contributed by atoms with Crippen LogP contribution in [0, 0.1) is 0 Å². The van der Waals surface area contributed by atoms with E-state index in [4.69, 9.17) is 9.15 Å². The average Bonchev–Trinajstić information content (AvgIpc) is 3.27. The lowest BCUT2D eigenvalue weighted by Gasteiger charge is -2.12. The number of rotatable bonds is 5. The van der Waals surface area contributed by atoms with Crippen LogP contribution in [-0.2, 0) is 4.79 Å². The maximum Gasteiger partial charge on any atom is 0.258 e. The van der Waals surface area contributed by atoms with E-state index in [9.17, 15) is 4.79 Å². The number of hydrogen-bond donors (Lipinski definition) is 1. The zero-order valence-corrected chi connectivity index (χ0v) is 14.5. The lowest BCUT2D eigenvalue weighted by molar-refractivity contribution is -0.123. The van der Waals surface area contributed by atoms with E-state index in [2.05, 4.69) is 5.32 Å². The minimum atomic E-state index is -0.141. The number of thiophene rings is 1. The van der Waals surface area contributed by atoms with Crippen LogP contribution in [0.5, 0.6) is 5.75 Å². The normalized spacial score (nSPS) is 12.4. The summed E-state index contributed by atoms with van der Waals surface area (Å²) in [5.41, 5.74) is 1.65. The van der Waals surface area contributed by atoms with Crippen LogP contribution in [-0.4, -0.2) is 12.5 Å². The first kappa shape index (κ1) is 15.7. The Bertz CT molecular complexity index is 1020. The third-order valence-electron chi connectivity index (χ3n) is 4.07. The van der Waals surface area contributed by atoms with Gasteiger partial charge in [0.25, 0.3) is 5.91 Å². The Morgan fingerprint density at radius 3 is 2.80 bits per heavy atom. The Morgan fingerprint density at radius 2 is 1.96 bits per heavy atom. The standard InChI is InChI=1S/C20H17NO3S/c1-13(19-7-4-10-25-19)21-20(22)12-23-14-8-9-18-16(11-14)15-5-2-3-6-17(15)24-18/h2-11,13H,12H2,1H3,(H,21,22)/t13-/m1/s1. The highest BCUT2D eigenvalue weighted by atomic mass is 32.1. The van der Waals surface area contributed by atoms with Gasteiger partial charge in [0.05, 0.1) is 6.04 Å². The molecule has 126 valence electrons. The van der Waals surface area contributed by atoms with Gasteiger partial charge in [-0.15, -0.1) is 11.3 Å². The molecule has 1 amide bonds. The van der Waals surface area contributed by atoms with Gasteiger partial charge in [-0.2, -0.15) is 0 Å². The Balaban J connectivity index is 1.45. The number of carbonyl (C=O) groups excluding carboxylic acids is 1. The predicted molar refractivity (Wildman–Crippen MR) is 100 cm³/mol. The van der Waals surface area contributed by atoms with E-state index >= 15 is 0 Å². The van der Waals surface area contributed by atoms with Gasteiger partial charge < -0.3 is 14.5 Å². The Morgan fingerprint density at radius 1 is 1.12 bits per heavy atom. The largest absolute Gasteiger partial charge is 0.484 e. The van der Waals surface area contributed by atoms with Crippen molar-refractivity contribution in [1.29, 1.82) is 0 Å². The van der Waals surface area contributed by atoms with Gasteiger partial charge in [0, 0.05) is 15.6 Å². The Kier molecular flexibility index (Phi) is 4.15. The van der Waals surface area contributed by atoms with Crippen LogP contribution in [0.1, 0.15) is 17.8 Å². The number of benzene rings is 2. The van der Waals surface area contributed by atoms with Crippen molar-refractivity contribution in [3.8, 4) is 5.75 Å². The van der Waals surface area contributed by atoms with E-state index in [0.717, 1.165) is 26.8 Å². The summed E-state index contributed by atoms with van der Waals surface area (Å²) in [6.07, 6.45) is 0. The summed E-state index contributed by atoms with van der Waals surface area (Å²) in [4.78, 5) is 13.2. The molecule has 1 N–H and O–H groups in total. The summed E-state index contributed by atoms with van der Waals surface area (Å²) in [5.74, 6) is 0.510. The fourth-order valence-electron chi connectivity index (χ4n) is 2.84. The molecule has 4 nitrogen and oxygen atoms in total. The van der Waals surface area contributed by atoms with Crippen molar-refractivity contribution in [3.63, 3.8) is 0 Å². The molecule has 0 unspecified atom stereocenters. The number of para-hydroxylation sites is 1. The van der Waals surface area contributed by atoms with Crippen molar-refractivity contribution >= 4 is 39.2 Å². The first-order valence-electron chi connectivity index (χ1n) is 8.07. The van der Waals surface area contributed by atoms with Crippen molar-refractivity contribution in [2.75, 3.05) is 6.61 Å². The Hall–Kier alpha value is -2.79. The van der Waals surface area contributed by atoms with Gasteiger partial charge in [0.15, 0.2) is 6.61 Å². The average molecular weight is 351 g/mol. The third kappa shape index (κ3) is 3.23. The molecule has 0 aliphatic heterocycles. The molecular formula is C20H17NO3S. The molecule has 4 aromatic rings. The van der Waals surface area contributed by atoms with Gasteiger partial charge in [-0.3, -0.25) is 4.79 Å². The second-order valence-electron chi connectivity index (χ2n) is 5.85. The van der Waals surface area contributed by atoms with Gasteiger partial charge in [0.2, 0.25) is 0 Å². The number of fused-ring (bicyclic) bond motifs is 3. The lowest BCUT2D eigenvalue weighted by Crippen LogP contribution is -2.30. The van der Waals surface area contributed by atoms with Crippen LogP contribution in [0.4, 0.5) is 0 Å². The maximum absolute atomic E-state index is 12.1. The topological polar surface area (TPSA) is 51.5 Å². The SMILES string of the molecule is C[C@@H](NC(=O)COc1ccc2oc3ccccc3c2c1)c1cccs1. The smallest absolute Gasteiger partial charge is 0.258 e. The van der Waals surface area contributed by atoms with Gasteiger partial charge in [-0.1, -0.05) is 24.3 Å². The fourth-order valence-corrected chi connectivity index (χ4v) is 3.57. The van der Waals surface area contributed by atoms with E-state index in [0.29, 0.717) is 5.75 Å². The molecule has 5 heteroatoms. The molecule has 2 heterocycles. The van der Waals surface area contributed by atoms with Crippen LogP contribution in [0.3, 0.4) is 0 Å². The minimum absolute atomic E-state index is 0.0169. The van der Waals surface area contributed by atoms with E-state index < -0.39 is 0 Å². The van der Waals surface area contributed by atoms with Crippen molar-refractivity contribution < 1.29 is 13.9 Å². The molecule has 4 rings (SSSR count). The second-order valence-corrected chi connectivity index (χ2v) is 6.83. The fraction of sp³-hybridized carbons (Fsp3) is 0.150. The molecule has 1 atom stereocenters. The number of furan rings is 1. The second kappa shape index (κ2) is 6.61. The molecule has 2 aromatic heterocycles. The van der Waals surface area contributed by atoms with E-state index in [1.807, 2.05) is 66.9 Å². The van der Waals surface area contributed by atoms with E-state index in [1.165, 1.54) is 0 Å². The quantitative estimate of drug-likeness (QED) is 0.556. The molecule has 0 saturated heterocycles. The van der Waals surface area contributed by atoms with Crippen molar-refractivity contribution in [1.82, 2.24) is 5.32 Å². The van der Waals surface area contributed by atoms with Crippen LogP contribution >= 0.6 is 11.3 Å². The molecule has 2 aromatic carbocycles. The highest BCUT2D eigenvalue weighted by Crippen LogP contribution is 2.31. The predicted octanol–water partition coefficient (Wildman–Crippen LogP) is 4.90. The summed E-state index contributed by atoms with van der Waals surface area (Å²) in [6, 6.07) is 17.4. The number of amides is 1. The van der Waals surface area contributed by atoms with Gasteiger partial charge in [-0.05, 0) is 42.6 Å². The van der Waals surface area contributed by atoms with Crippen LogP contribution in [0.2, 0.25) is 0 Å². The van der Waals surface area contributed by atoms with Crippen LogP contribution in [0.25, 0.3) is 21.9 Å². The van der Waals surface area contributed by atoms with Crippen LogP contribution < -0.4 is 10.1 Å². The van der Waals surface area contributed by atoms with Crippen molar-refractivity contribution in [3.05, 3.63) is 64.9 Å². The molecule has 25 heavy (non-hydrogen) atoms. The summed E-state index contributed by atoms with van der Waals surface area (Å²) >= 11 is 1.63. The summed E-state index contributed by atoms with van der Waals surface area (Å²) in [6.45, 7) is 1.95. The number of nitrogens with one attached hydrogen (secondary N) is 1. The van der Waals surface area contributed by atoms with Gasteiger partial charge in [0.1, 0.15) is 16.9 Å². The third-order valence-corrected chi connectivity index (χ3v) is 5.12. The highest BCUT2D eigenvalue weighted by Gasteiger charge is 2.12. The first-order chi connectivity index (χ1) is 12.2. The minimum Gasteiger partial charge on any atom is -0.484 e. The number of carbonyl (C=O) groups is 1. The molecule has 0 radical (unpaired) electrons. The summed E-state index contributed by atoms with van der Waals surface area (Å²) in [5, 5.41) is 6.97. The molecule has 0 spiro atoms. The zero-order valence-electron chi connectivity index (χ0n) is 13.7. The van der Waals surface area contributed by atoms with Crippen molar-refractivity contribution in [2.45, 2.75) is 13.0 Å². The van der Waals surface area contributed by atoms with Gasteiger partial charge in [-0.25, -0.2) is 0 Å². The van der Waals surface area contributed by atoms with E-state index in [1.54, 1.807) is 11.3 Å². The van der Waals surface area contributed by atoms with Gasteiger partial charge >= 0.3 is 0 Å². The highest BCUT2D eigenvalue weighted by molar-refractivity contribution is 7.10. The molecule has 0 aliphatic carbocycles. The summed E-state index contributed by atoms with van der Waals surface area (Å²) < 4.78 is 11.5. The first-order valence-corrected chi connectivity index (χ1v) is 8.95. The monoisotopic (exact) mass is 351 g/mol. The lowest BCUT2D eigenvalue weighted by atomic mass is 10.1. The maximum atomic E-state index is 12.1. The Labute approximate surface area is 149 Å². The van der Waals surface area contributed by atoms with Crippen molar-refractivity contribution in [2.24, 2.45) is 0 Å². The van der Waals surface area contributed by atoms with Crippen LogP contribution in [0.15, 0.2) is 64.4 Å². The number of hydrogen-bond acceptors (Lipinski definition) is 4. The summed E-state index contributed by atoms with van der Waals surface area (Å²) in [7, 11) is 0. The molecule has 0 saturated carbocycles.